The molecule has 0 aromatic heterocycles. The van der Waals surface area contributed by atoms with E-state index in [2.05, 4.69) is 5.32 Å². The largest absolute Gasteiger partial charge is 0.352 e. The van der Waals surface area contributed by atoms with Crippen molar-refractivity contribution in [1.29, 1.82) is 0 Å². The van der Waals surface area contributed by atoms with Gasteiger partial charge >= 0.3 is 0 Å². The van der Waals surface area contributed by atoms with Gasteiger partial charge < -0.3 is 10.2 Å². The standard InChI is InChI=1S/C31H37Cl2N3O4S/c1-6-23(5)34-31(38)29(7-2)35(19-24-12-13-25(32)18-28(24)33)30(37)20-36(26-14-8-21(3)9-15-26)41(39,40)27-16-10-22(4)11-17-27/h8-18,23,29H,6-7,19-20H2,1-5H3,(H,34,38). The third kappa shape index (κ3) is 8.24. The highest BCUT2D eigenvalue weighted by atomic mass is 35.5. The van der Waals surface area contributed by atoms with Gasteiger partial charge in [-0.25, -0.2) is 8.42 Å². The number of carbonyl (C=O) groups excluding carboxylic acids is 2. The average Bonchev–Trinajstić information content (AvgIpc) is 2.93. The molecule has 2 unspecified atom stereocenters. The lowest BCUT2D eigenvalue weighted by Gasteiger charge is -2.34. The molecule has 7 nitrogen and oxygen atoms in total. The van der Waals surface area contributed by atoms with E-state index in [1.165, 1.54) is 17.0 Å². The summed E-state index contributed by atoms with van der Waals surface area (Å²) >= 11 is 12.6. The van der Waals surface area contributed by atoms with Crippen LogP contribution in [0.15, 0.2) is 71.6 Å². The van der Waals surface area contributed by atoms with E-state index in [0.717, 1.165) is 21.9 Å². The summed E-state index contributed by atoms with van der Waals surface area (Å²) in [6.07, 6.45) is 1.03. The first-order valence-electron chi connectivity index (χ1n) is 13.6. The maximum absolute atomic E-state index is 14.1. The lowest BCUT2D eigenvalue weighted by molar-refractivity contribution is -0.140. The smallest absolute Gasteiger partial charge is 0.264 e. The molecule has 0 aliphatic rings. The molecule has 2 amide bonds. The van der Waals surface area contributed by atoms with Crippen LogP contribution in [-0.4, -0.2) is 43.8 Å². The molecule has 0 heterocycles. The molecule has 0 bridgehead atoms. The second-order valence-corrected chi connectivity index (χ2v) is 12.9. The van der Waals surface area contributed by atoms with Gasteiger partial charge in [0.05, 0.1) is 10.6 Å². The number of sulfonamides is 1. The molecule has 2 atom stereocenters. The van der Waals surface area contributed by atoms with Gasteiger partial charge in [-0.15, -0.1) is 0 Å². The number of nitrogens with one attached hydrogen (secondary N) is 1. The third-order valence-electron chi connectivity index (χ3n) is 6.95. The van der Waals surface area contributed by atoms with Crippen molar-refractivity contribution in [1.82, 2.24) is 10.2 Å². The predicted octanol–water partition coefficient (Wildman–Crippen LogP) is 6.53. The van der Waals surface area contributed by atoms with Gasteiger partial charge in [-0.05, 0) is 75.6 Å². The summed E-state index contributed by atoms with van der Waals surface area (Å²) in [5.41, 5.74) is 2.78. The van der Waals surface area contributed by atoms with Gasteiger partial charge in [-0.1, -0.05) is 78.5 Å². The SMILES string of the molecule is CCC(C)NC(=O)C(CC)N(Cc1ccc(Cl)cc1Cl)C(=O)CN(c1ccc(C)cc1)S(=O)(=O)c1ccc(C)cc1. The van der Waals surface area contributed by atoms with Crippen LogP contribution in [0.5, 0.6) is 0 Å². The molecular formula is C31H37Cl2N3O4S. The van der Waals surface area contributed by atoms with E-state index >= 15 is 0 Å². The van der Waals surface area contributed by atoms with Crippen molar-refractivity contribution in [3.63, 3.8) is 0 Å². The Hall–Kier alpha value is -3.07. The Labute approximate surface area is 253 Å². The van der Waals surface area contributed by atoms with Gasteiger partial charge in [0, 0.05) is 22.6 Å². The van der Waals surface area contributed by atoms with Crippen molar-refractivity contribution in [3.05, 3.63) is 93.5 Å². The molecule has 0 spiro atoms. The molecule has 0 fully saturated rings. The van der Waals surface area contributed by atoms with Crippen LogP contribution in [0, 0.1) is 13.8 Å². The van der Waals surface area contributed by atoms with Gasteiger partial charge in [0.25, 0.3) is 10.0 Å². The van der Waals surface area contributed by atoms with E-state index in [1.54, 1.807) is 54.6 Å². The summed E-state index contributed by atoms with van der Waals surface area (Å²) in [5.74, 6) is -0.859. The quantitative estimate of drug-likeness (QED) is 0.250. The number of anilines is 1. The van der Waals surface area contributed by atoms with Crippen LogP contribution in [0.25, 0.3) is 0 Å². The lowest BCUT2D eigenvalue weighted by Crippen LogP contribution is -2.53. The highest BCUT2D eigenvalue weighted by Gasteiger charge is 2.34. The van der Waals surface area contributed by atoms with E-state index in [4.69, 9.17) is 23.2 Å². The van der Waals surface area contributed by atoms with Gasteiger partial charge in [0.15, 0.2) is 0 Å². The average molecular weight is 619 g/mol. The second kappa shape index (κ2) is 14.2. The molecule has 1 N–H and O–H groups in total. The zero-order valence-corrected chi connectivity index (χ0v) is 26.4. The molecule has 10 heteroatoms. The first kappa shape index (κ1) is 32.4. The number of halogens is 2. The Morgan fingerprint density at radius 2 is 1.46 bits per heavy atom. The maximum atomic E-state index is 14.1. The van der Waals surface area contributed by atoms with E-state index in [9.17, 15) is 18.0 Å². The fourth-order valence-corrected chi connectivity index (χ4v) is 6.15. The van der Waals surface area contributed by atoms with Gasteiger partial charge in [0.1, 0.15) is 12.6 Å². The topological polar surface area (TPSA) is 86.8 Å². The predicted molar refractivity (Wildman–Crippen MR) is 166 cm³/mol. The van der Waals surface area contributed by atoms with Gasteiger partial charge in [0.2, 0.25) is 11.8 Å². The molecule has 3 aromatic rings. The summed E-state index contributed by atoms with van der Waals surface area (Å²) in [6.45, 7) is 8.90. The summed E-state index contributed by atoms with van der Waals surface area (Å²) in [6, 6.07) is 17.4. The Bertz CT molecular complexity index is 1460. The summed E-state index contributed by atoms with van der Waals surface area (Å²) in [5, 5.41) is 3.74. The minimum Gasteiger partial charge on any atom is -0.352 e. The van der Waals surface area contributed by atoms with Gasteiger partial charge in [-0.2, -0.15) is 0 Å². The molecule has 3 aromatic carbocycles. The fraction of sp³-hybridized carbons (Fsp3) is 0.355. The second-order valence-electron chi connectivity index (χ2n) is 10.2. The van der Waals surface area contributed by atoms with E-state index in [-0.39, 0.29) is 23.4 Å². The number of amides is 2. The Balaban J connectivity index is 2.08. The van der Waals surface area contributed by atoms with Crippen LogP contribution in [0.1, 0.15) is 50.3 Å². The number of hydrogen-bond acceptors (Lipinski definition) is 4. The first-order chi connectivity index (χ1) is 19.4. The number of nitrogens with zero attached hydrogens (tertiary/aromatic N) is 2. The summed E-state index contributed by atoms with van der Waals surface area (Å²) in [7, 11) is -4.13. The summed E-state index contributed by atoms with van der Waals surface area (Å²) in [4.78, 5) is 29.0. The number of benzene rings is 3. The van der Waals surface area contributed by atoms with E-state index < -0.39 is 28.5 Å². The van der Waals surface area contributed by atoms with Crippen molar-refractivity contribution >= 4 is 50.7 Å². The van der Waals surface area contributed by atoms with E-state index in [1.807, 2.05) is 34.6 Å². The zero-order chi connectivity index (χ0) is 30.3. The van der Waals surface area contributed by atoms with Crippen LogP contribution in [0.3, 0.4) is 0 Å². The van der Waals surface area contributed by atoms with Crippen LogP contribution < -0.4 is 9.62 Å². The normalized spacial score (nSPS) is 12.9. The minimum absolute atomic E-state index is 0.00636. The van der Waals surface area contributed by atoms with Crippen molar-refractivity contribution in [2.45, 2.75) is 71.0 Å². The monoisotopic (exact) mass is 617 g/mol. The third-order valence-corrected chi connectivity index (χ3v) is 9.33. The number of carbonyl (C=O) groups is 2. The molecule has 0 aliphatic heterocycles. The van der Waals surface area contributed by atoms with Crippen LogP contribution in [0.2, 0.25) is 10.0 Å². The van der Waals surface area contributed by atoms with Crippen LogP contribution in [-0.2, 0) is 26.2 Å². The number of aryl methyl sites for hydroxylation is 2. The molecule has 0 aliphatic carbocycles. The molecule has 41 heavy (non-hydrogen) atoms. The number of hydrogen-bond donors (Lipinski definition) is 1. The highest BCUT2D eigenvalue weighted by molar-refractivity contribution is 7.92. The Kier molecular flexibility index (Phi) is 11.2. The minimum atomic E-state index is -4.13. The fourth-order valence-electron chi connectivity index (χ4n) is 4.27. The van der Waals surface area contributed by atoms with Crippen LogP contribution in [0.4, 0.5) is 5.69 Å². The van der Waals surface area contributed by atoms with E-state index in [0.29, 0.717) is 27.7 Å². The van der Waals surface area contributed by atoms with Crippen molar-refractivity contribution in [3.8, 4) is 0 Å². The lowest BCUT2D eigenvalue weighted by atomic mass is 10.1. The molecule has 0 saturated heterocycles. The van der Waals surface area contributed by atoms with Gasteiger partial charge in [-0.3, -0.25) is 13.9 Å². The Morgan fingerprint density at radius 3 is 2.00 bits per heavy atom. The van der Waals surface area contributed by atoms with Crippen molar-refractivity contribution in [2.75, 3.05) is 10.8 Å². The van der Waals surface area contributed by atoms with Crippen molar-refractivity contribution < 1.29 is 18.0 Å². The molecule has 0 radical (unpaired) electrons. The van der Waals surface area contributed by atoms with Crippen LogP contribution >= 0.6 is 23.2 Å². The Morgan fingerprint density at radius 1 is 0.878 bits per heavy atom. The molecule has 3 rings (SSSR count). The zero-order valence-electron chi connectivity index (χ0n) is 24.0. The molecule has 0 saturated carbocycles. The molecule has 220 valence electrons. The highest BCUT2D eigenvalue weighted by Crippen LogP contribution is 2.27. The summed E-state index contributed by atoms with van der Waals surface area (Å²) < 4.78 is 29.0. The number of rotatable bonds is 12. The molecular weight excluding hydrogens is 581 g/mol. The maximum Gasteiger partial charge on any atom is 0.264 e. The first-order valence-corrected chi connectivity index (χ1v) is 15.8. The van der Waals surface area contributed by atoms with Crippen molar-refractivity contribution in [2.24, 2.45) is 0 Å².